The van der Waals surface area contributed by atoms with Crippen molar-refractivity contribution < 1.29 is 13.9 Å². The summed E-state index contributed by atoms with van der Waals surface area (Å²) in [6.45, 7) is 1.76. The Balaban J connectivity index is 1.66. The largest absolute Gasteiger partial charge is 0.497 e. The third-order valence-electron chi connectivity index (χ3n) is 5.49. The van der Waals surface area contributed by atoms with Crippen molar-refractivity contribution >= 4 is 34.2 Å². The van der Waals surface area contributed by atoms with E-state index < -0.39 is 11.1 Å². The van der Waals surface area contributed by atoms with Crippen LogP contribution in [0, 0.1) is 5.82 Å². The summed E-state index contributed by atoms with van der Waals surface area (Å²) in [4.78, 5) is 26.4. The average molecular weight is 475 g/mol. The summed E-state index contributed by atoms with van der Waals surface area (Å²) in [6, 6.07) is 19.8. The molecule has 1 unspecified atom stereocenters. The van der Waals surface area contributed by atoms with E-state index in [0.717, 1.165) is 0 Å². The number of fused-ring (bicyclic) bond motifs is 3. The number of rotatable bonds is 6. The third kappa shape index (κ3) is 3.73. The highest BCUT2D eigenvalue weighted by Gasteiger charge is 2.23. The Kier molecular flexibility index (Phi) is 5.62. The third-order valence-corrected chi connectivity index (χ3v) is 6.53. The molecule has 0 bridgehead atoms. The van der Waals surface area contributed by atoms with E-state index in [1.54, 1.807) is 54.8 Å². The van der Waals surface area contributed by atoms with E-state index in [1.807, 2.05) is 12.1 Å². The summed E-state index contributed by atoms with van der Waals surface area (Å²) in [7, 11) is 1.56. The summed E-state index contributed by atoms with van der Waals surface area (Å²) < 4.78 is 21.8. The van der Waals surface area contributed by atoms with Crippen molar-refractivity contribution in [2.45, 2.75) is 17.3 Å². The number of nitrogens with zero attached hydrogens (tertiary/aromatic N) is 4. The highest BCUT2D eigenvalue weighted by Crippen LogP contribution is 2.28. The molecule has 2 heterocycles. The van der Waals surface area contributed by atoms with Gasteiger partial charge in [0.25, 0.3) is 5.56 Å². The zero-order valence-electron chi connectivity index (χ0n) is 18.3. The molecule has 0 spiro atoms. The molecule has 0 fully saturated rings. The Bertz CT molecular complexity index is 1590. The second-order valence-corrected chi connectivity index (χ2v) is 8.92. The van der Waals surface area contributed by atoms with Gasteiger partial charge in [-0.25, -0.2) is 8.96 Å². The number of Topliss-reactive ketones (excluding diaryl/α,β-unsaturated/α-hetero) is 1. The Labute approximate surface area is 197 Å². The van der Waals surface area contributed by atoms with Crippen LogP contribution in [0.1, 0.15) is 17.3 Å². The molecule has 0 saturated heterocycles. The summed E-state index contributed by atoms with van der Waals surface area (Å²) in [6.07, 6.45) is 0. The fourth-order valence-corrected chi connectivity index (χ4v) is 4.73. The summed E-state index contributed by atoms with van der Waals surface area (Å²) >= 11 is 1.23. The van der Waals surface area contributed by atoms with Gasteiger partial charge in [0.15, 0.2) is 10.9 Å². The predicted octanol–water partition coefficient (Wildman–Crippen LogP) is 4.54. The quantitative estimate of drug-likeness (QED) is 0.266. The van der Waals surface area contributed by atoms with Crippen LogP contribution in [-0.2, 0) is 0 Å². The first kappa shape index (κ1) is 21.8. The van der Waals surface area contributed by atoms with Crippen molar-refractivity contribution in [1.29, 1.82) is 0 Å². The number of hydrogen-bond donors (Lipinski definition) is 0. The van der Waals surface area contributed by atoms with Crippen molar-refractivity contribution in [3.8, 4) is 11.4 Å². The maximum Gasteiger partial charge on any atom is 0.267 e. The Morgan fingerprint density at radius 3 is 2.56 bits per heavy atom. The molecular weight excluding hydrogens is 455 g/mol. The number of aromatic nitrogens is 4. The topological polar surface area (TPSA) is 78.5 Å². The number of thioether (sulfide) groups is 1. The lowest BCUT2D eigenvalue weighted by atomic mass is 10.1. The van der Waals surface area contributed by atoms with Crippen LogP contribution in [0.5, 0.6) is 5.75 Å². The fourth-order valence-electron chi connectivity index (χ4n) is 3.80. The molecule has 0 radical (unpaired) electrons. The van der Waals surface area contributed by atoms with Gasteiger partial charge in [-0.1, -0.05) is 30.0 Å². The van der Waals surface area contributed by atoms with Crippen molar-refractivity contribution in [3.05, 3.63) is 94.5 Å². The SMILES string of the molecule is COc1cccc(-n2c(=O)c3ccccc3n3c(SC(C)C(=O)c4ccc(F)cc4)nnc23)c1. The molecule has 0 N–H and O–H groups in total. The highest BCUT2D eigenvalue weighted by molar-refractivity contribution is 8.00. The van der Waals surface area contributed by atoms with Gasteiger partial charge in [-0.2, -0.15) is 0 Å². The number of carbonyl (C=O) groups excluding carboxylic acids is 1. The maximum atomic E-state index is 13.4. The monoisotopic (exact) mass is 474 g/mol. The van der Waals surface area contributed by atoms with Gasteiger partial charge >= 0.3 is 0 Å². The zero-order valence-corrected chi connectivity index (χ0v) is 19.1. The molecule has 0 amide bonds. The molecule has 0 aliphatic carbocycles. The molecule has 0 aliphatic rings. The minimum atomic E-state index is -0.520. The van der Waals surface area contributed by atoms with E-state index in [1.165, 1.54) is 40.6 Å². The molecule has 0 aliphatic heterocycles. The van der Waals surface area contributed by atoms with Crippen LogP contribution in [0.15, 0.2) is 82.7 Å². The zero-order chi connectivity index (χ0) is 23.8. The predicted molar refractivity (Wildman–Crippen MR) is 129 cm³/mol. The Morgan fingerprint density at radius 2 is 1.79 bits per heavy atom. The van der Waals surface area contributed by atoms with Gasteiger partial charge in [0.05, 0.1) is 29.0 Å². The number of methoxy groups -OCH3 is 1. The van der Waals surface area contributed by atoms with Gasteiger partial charge in [0, 0.05) is 11.6 Å². The molecule has 0 saturated carbocycles. The summed E-state index contributed by atoms with van der Waals surface area (Å²) in [5.74, 6) is 0.360. The number of carbonyl (C=O) groups is 1. The van der Waals surface area contributed by atoms with Crippen molar-refractivity contribution in [1.82, 2.24) is 19.2 Å². The van der Waals surface area contributed by atoms with Gasteiger partial charge in [-0.3, -0.25) is 14.0 Å². The van der Waals surface area contributed by atoms with E-state index >= 15 is 0 Å². The van der Waals surface area contributed by atoms with Crippen LogP contribution in [0.2, 0.25) is 0 Å². The van der Waals surface area contributed by atoms with Gasteiger partial charge in [0.2, 0.25) is 5.78 Å². The number of halogens is 1. The molecule has 5 aromatic rings. The van der Waals surface area contributed by atoms with Crippen LogP contribution in [-0.4, -0.2) is 37.3 Å². The van der Waals surface area contributed by atoms with Gasteiger partial charge in [-0.05, 0) is 55.5 Å². The fraction of sp³-hybridized carbons (Fsp3) is 0.120. The normalized spacial score (nSPS) is 12.2. The lowest BCUT2D eigenvalue weighted by Crippen LogP contribution is -2.22. The number of ether oxygens (including phenoxy) is 1. The van der Waals surface area contributed by atoms with Crippen molar-refractivity contribution in [2.24, 2.45) is 0 Å². The van der Waals surface area contributed by atoms with Crippen molar-refractivity contribution in [3.63, 3.8) is 0 Å². The van der Waals surface area contributed by atoms with Crippen LogP contribution in [0.4, 0.5) is 4.39 Å². The first-order valence-corrected chi connectivity index (χ1v) is 11.4. The molecule has 5 rings (SSSR count). The van der Waals surface area contributed by atoms with Crippen LogP contribution in [0.25, 0.3) is 22.4 Å². The van der Waals surface area contributed by atoms with E-state index in [9.17, 15) is 14.0 Å². The lowest BCUT2D eigenvalue weighted by molar-refractivity contribution is 0.0994. The first-order valence-electron chi connectivity index (χ1n) is 10.5. The molecule has 7 nitrogen and oxygen atoms in total. The molecular formula is C25H19FN4O3S. The lowest BCUT2D eigenvalue weighted by Gasteiger charge is -2.13. The number of benzene rings is 3. The van der Waals surface area contributed by atoms with Gasteiger partial charge < -0.3 is 4.74 Å². The second-order valence-electron chi connectivity index (χ2n) is 7.61. The minimum Gasteiger partial charge on any atom is -0.497 e. The molecule has 1 atom stereocenters. The molecule has 9 heteroatoms. The molecule has 2 aromatic heterocycles. The Hall–Kier alpha value is -3.98. The smallest absolute Gasteiger partial charge is 0.267 e. The van der Waals surface area contributed by atoms with Crippen LogP contribution < -0.4 is 10.3 Å². The van der Waals surface area contributed by atoms with Crippen LogP contribution in [0.3, 0.4) is 0 Å². The first-order chi connectivity index (χ1) is 16.5. The van der Waals surface area contributed by atoms with E-state index in [-0.39, 0.29) is 11.3 Å². The van der Waals surface area contributed by atoms with Gasteiger partial charge in [0.1, 0.15) is 11.6 Å². The molecule has 170 valence electrons. The van der Waals surface area contributed by atoms with E-state index in [0.29, 0.717) is 38.8 Å². The van der Waals surface area contributed by atoms with Crippen molar-refractivity contribution in [2.75, 3.05) is 7.11 Å². The Morgan fingerprint density at radius 1 is 1.03 bits per heavy atom. The number of ketones is 1. The highest BCUT2D eigenvalue weighted by atomic mass is 32.2. The maximum absolute atomic E-state index is 13.4. The number of para-hydroxylation sites is 1. The van der Waals surface area contributed by atoms with Crippen LogP contribution >= 0.6 is 11.8 Å². The van der Waals surface area contributed by atoms with Gasteiger partial charge in [-0.15, -0.1) is 10.2 Å². The standard InChI is InChI=1S/C25H19FN4O3S/c1-15(22(31)16-10-12-17(26)13-11-16)34-25-28-27-24-29(18-6-5-7-19(14-18)33-2)23(32)20-8-3-4-9-21(20)30(24)25/h3-15H,1-2H3. The minimum absolute atomic E-state index is 0.160. The average Bonchev–Trinajstić information content (AvgIpc) is 3.27. The van der Waals surface area contributed by atoms with E-state index in [2.05, 4.69) is 10.2 Å². The van der Waals surface area contributed by atoms with E-state index in [4.69, 9.17) is 4.74 Å². The second kappa shape index (κ2) is 8.75. The molecule has 3 aromatic carbocycles. The number of hydrogen-bond acceptors (Lipinski definition) is 6. The summed E-state index contributed by atoms with van der Waals surface area (Å²) in [5, 5.41) is 9.06. The molecule has 34 heavy (non-hydrogen) atoms. The summed E-state index contributed by atoms with van der Waals surface area (Å²) in [5.41, 5.74) is 1.39.